The number of amides is 1. The molecule has 3 fully saturated rings. The fraction of sp³-hybridized carbons (Fsp3) is 0.391. The number of benzene rings is 1. The number of imidazole rings is 1. The highest BCUT2D eigenvalue weighted by Crippen LogP contribution is 2.41. The second-order valence-corrected chi connectivity index (χ2v) is 9.78. The largest absolute Gasteiger partial charge is 0.465 e. The van der Waals surface area contributed by atoms with Gasteiger partial charge in [0.15, 0.2) is 17.2 Å². The van der Waals surface area contributed by atoms with Gasteiger partial charge in [-0.1, -0.05) is 11.6 Å². The van der Waals surface area contributed by atoms with E-state index in [0.717, 1.165) is 12.8 Å². The fourth-order valence-electron chi connectivity index (χ4n) is 4.99. The van der Waals surface area contributed by atoms with Gasteiger partial charge in [-0.2, -0.15) is 20.0 Å². The van der Waals surface area contributed by atoms with Crippen LogP contribution in [0.5, 0.6) is 0 Å². The molecule has 1 saturated carbocycles. The molecule has 2 aromatic heterocycles. The van der Waals surface area contributed by atoms with Crippen LogP contribution in [0.15, 0.2) is 18.3 Å². The van der Waals surface area contributed by atoms with Gasteiger partial charge in [0.25, 0.3) is 0 Å². The zero-order chi connectivity index (χ0) is 25.0. The van der Waals surface area contributed by atoms with E-state index < -0.39 is 6.09 Å². The Bertz CT molecular complexity index is 1460. The van der Waals surface area contributed by atoms with E-state index in [1.807, 2.05) is 0 Å². The molecule has 3 N–H and O–H groups in total. The number of nitrogens with zero attached hydrogens (tertiary/aromatic N) is 8. The topological polar surface area (TPSA) is 158 Å². The number of carboxylic acid groups (broad SMARTS) is 1. The van der Waals surface area contributed by atoms with Crippen LogP contribution in [0.4, 0.5) is 27.9 Å². The summed E-state index contributed by atoms with van der Waals surface area (Å²) in [5, 5.41) is 39.8. The smallest absolute Gasteiger partial charge is 0.407 e. The lowest BCUT2D eigenvalue weighted by Crippen LogP contribution is -2.32. The second kappa shape index (κ2) is 8.43. The Morgan fingerprint density at radius 1 is 1.14 bits per heavy atom. The minimum absolute atomic E-state index is 0.207. The van der Waals surface area contributed by atoms with Crippen molar-refractivity contribution in [3.8, 4) is 12.1 Å². The standard InChI is InChI=1S/C23H21ClN10O2/c24-19-17(29-22-30-20(28-15-1-2-15)21-27-7-16(6-26)34(21)31-22)3-12(5-25)4-18(19)32-8-13-10-33(23(35)36)11-14(13)9-32/h3-4,7,13-15H,1-2,8-11H2,(H,35,36)(H2,28,29,30,31). The maximum absolute atomic E-state index is 11.3. The zero-order valence-corrected chi connectivity index (χ0v) is 19.8. The van der Waals surface area contributed by atoms with Crippen molar-refractivity contribution in [2.45, 2.75) is 18.9 Å². The van der Waals surface area contributed by atoms with Crippen LogP contribution in [-0.4, -0.2) is 67.9 Å². The third-order valence-electron chi connectivity index (χ3n) is 6.92. The number of hydrogen-bond acceptors (Lipinski definition) is 9. The first kappa shape index (κ1) is 22.2. The van der Waals surface area contributed by atoms with Crippen LogP contribution in [0.1, 0.15) is 24.1 Å². The number of nitriles is 2. The van der Waals surface area contributed by atoms with Gasteiger partial charge in [0.05, 0.1) is 34.2 Å². The van der Waals surface area contributed by atoms with Crippen LogP contribution < -0.4 is 15.5 Å². The monoisotopic (exact) mass is 504 g/mol. The van der Waals surface area contributed by atoms with Gasteiger partial charge in [0.1, 0.15) is 6.07 Å². The molecule has 6 rings (SSSR count). The predicted molar refractivity (Wildman–Crippen MR) is 130 cm³/mol. The summed E-state index contributed by atoms with van der Waals surface area (Å²) >= 11 is 6.83. The summed E-state index contributed by atoms with van der Waals surface area (Å²) in [5.74, 6) is 1.15. The van der Waals surface area contributed by atoms with Gasteiger partial charge in [0.2, 0.25) is 5.95 Å². The number of anilines is 4. The molecule has 3 aliphatic rings. The molecule has 3 aromatic rings. The van der Waals surface area contributed by atoms with Crippen LogP contribution in [0.2, 0.25) is 5.02 Å². The first-order chi connectivity index (χ1) is 17.4. The van der Waals surface area contributed by atoms with Crippen LogP contribution in [0, 0.1) is 34.5 Å². The average Bonchev–Trinajstić information content (AvgIpc) is 3.25. The zero-order valence-electron chi connectivity index (χ0n) is 19.0. The molecule has 2 unspecified atom stereocenters. The minimum atomic E-state index is -0.892. The molecule has 13 heteroatoms. The molecule has 2 saturated heterocycles. The van der Waals surface area contributed by atoms with Gasteiger partial charge < -0.3 is 25.5 Å². The molecule has 182 valence electrons. The highest BCUT2D eigenvalue weighted by molar-refractivity contribution is 6.36. The SMILES string of the molecule is N#Cc1cc(Nc2nc(NC3CC3)c3ncc(C#N)n3n2)c(Cl)c(N2CC3CN(C(=O)O)CC3C2)c1. The highest BCUT2D eigenvalue weighted by atomic mass is 35.5. The Morgan fingerprint density at radius 3 is 2.53 bits per heavy atom. The number of nitrogens with one attached hydrogen (secondary N) is 2. The van der Waals surface area contributed by atoms with E-state index in [2.05, 4.69) is 42.7 Å². The van der Waals surface area contributed by atoms with Crippen LogP contribution >= 0.6 is 11.6 Å². The Balaban J connectivity index is 1.32. The lowest BCUT2D eigenvalue weighted by atomic mass is 10.0. The van der Waals surface area contributed by atoms with E-state index in [4.69, 9.17) is 11.6 Å². The Morgan fingerprint density at radius 2 is 1.89 bits per heavy atom. The van der Waals surface area contributed by atoms with Crippen molar-refractivity contribution in [2.75, 3.05) is 41.7 Å². The summed E-state index contributed by atoms with van der Waals surface area (Å²) in [6.07, 6.45) is 2.62. The first-order valence-electron chi connectivity index (χ1n) is 11.6. The molecule has 4 heterocycles. The summed E-state index contributed by atoms with van der Waals surface area (Å²) in [6, 6.07) is 7.95. The average molecular weight is 505 g/mol. The number of likely N-dealkylation sites (tertiary alicyclic amines) is 1. The van der Waals surface area contributed by atoms with Crippen molar-refractivity contribution in [1.82, 2.24) is 24.5 Å². The highest BCUT2D eigenvalue weighted by Gasteiger charge is 2.42. The van der Waals surface area contributed by atoms with Gasteiger partial charge in [-0.05, 0) is 25.0 Å². The maximum Gasteiger partial charge on any atom is 0.407 e. The van der Waals surface area contributed by atoms with Crippen LogP contribution in [0.25, 0.3) is 5.65 Å². The number of carbonyl (C=O) groups is 1. The van der Waals surface area contributed by atoms with Gasteiger partial charge >= 0.3 is 6.09 Å². The maximum atomic E-state index is 11.3. The Kier molecular flexibility index (Phi) is 5.20. The fourth-order valence-corrected chi connectivity index (χ4v) is 5.27. The summed E-state index contributed by atoms with van der Waals surface area (Å²) in [7, 11) is 0. The Labute approximate surface area is 210 Å². The summed E-state index contributed by atoms with van der Waals surface area (Å²) in [4.78, 5) is 23.8. The second-order valence-electron chi connectivity index (χ2n) is 9.40. The summed E-state index contributed by atoms with van der Waals surface area (Å²) < 4.78 is 1.43. The van der Waals surface area contributed by atoms with Gasteiger partial charge in [0, 0.05) is 44.1 Å². The van der Waals surface area contributed by atoms with E-state index in [-0.39, 0.29) is 23.5 Å². The lowest BCUT2D eigenvalue weighted by Gasteiger charge is -2.24. The quantitative estimate of drug-likeness (QED) is 0.471. The molecule has 2 atom stereocenters. The normalized spacial score (nSPS) is 20.8. The third kappa shape index (κ3) is 3.85. The first-order valence-corrected chi connectivity index (χ1v) is 12.0. The minimum Gasteiger partial charge on any atom is -0.465 e. The molecule has 36 heavy (non-hydrogen) atoms. The van der Waals surface area contributed by atoms with E-state index in [0.29, 0.717) is 65.6 Å². The number of rotatable bonds is 5. The molecule has 1 aromatic carbocycles. The predicted octanol–water partition coefficient (Wildman–Crippen LogP) is 2.88. The molecule has 0 spiro atoms. The molecule has 2 aliphatic heterocycles. The van der Waals surface area contributed by atoms with E-state index in [1.165, 1.54) is 15.6 Å². The lowest BCUT2D eigenvalue weighted by molar-refractivity contribution is 0.153. The number of fused-ring (bicyclic) bond motifs is 2. The van der Waals surface area contributed by atoms with Gasteiger partial charge in [-0.3, -0.25) is 0 Å². The molecule has 1 aliphatic carbocycles. The van der Waals surface area contributed by atoms with Gasteiger partial charge in [-0.15, -0.1) is 5.10 Å². The van der Waals surface area contributed by atoms with Crippen LogP contribution in [0.3, 0.4) is 0 Å². The molecule has 1 amide bonds. The van der Waals surface area contributed by atoms with Gasteiger partial charge in [-0.25, -0.2) is 9.78 Å². The third-order valence-corrected chi connectivity index (χ3v) is 7.32. The van der Waals surface area contributed by atoms with Crippen molar-refractivity contribution >= 4 is 46.5 Å². The number of aromatic nitrogens is 4. The molecular formula is C23H21ClN10O2. The van der Waals surface area contributed by atoms with Crippen molar-refractivity contribution in [2.24, 2.45) is 11.8 Å². The number of hydrogen-bond donors (Lipinski definition) is 3. The molecule has 0 radical (unpaired) electrons. The van der Waals surface area contributed by atoms with Crippen LogP contribution in [-0.2, 0) is 0 Å². The van der Waals surface area contributed by atoms with E-state index in [9.17, 15) is 20.4 Å². The molecule has 0 bridgehead atoms. The summed E-state index contributed by atoms with van der Waals surface area (Å²) in [6.45, 7) is 2.30. The van der Waals surface area contributed by atoms with Crippen molar-refractivity contribution in [1.29, 1.82) is 10.5 Å². The van der Waals surface area contributed by atoms with Crippen molar-refractivity contribution in [3.63, 3.8) is 0 Å². The Hall–Kier alpha value is -4.29. The van der Waals surface area contributed by atoms with E-state index >= 15 is 0 Å². The van der Waals surface area contributed by atoms with Crippen molar-refractivity contribution < 1.29 is 9.90 Å². The van der Waals surface area contributed by atoms with Crippen molar-refractivity contribution in [3.05, 3.63) is 34.6 Å². The number of halogens is 1. The summed E-state index contributed by atoms with van der Waals surface area (Å²) in [5.41, 5.74) is 2.31. The molecule has 12 nitrogen and oxygen atoms in total. The molecular weight excluding hydrogens is 484 g/mol. The van der Waals surface area contributed by atoms with E-state index in [1.54, 1.807) is 12.1 Å².